The maximum Gasteiger partial charge on any atom is 0.258 e. The van der Waals surface area contributed by atoms with Gasteiger partial charge in [-0.15, -0.1) is 6.58 Å². The van der Waals surface area contributed by atoms with E-state index in [-0.39, 0.29) is 18.6 Å². The van der Waals surface area contributed by atoms with Crippen LogP contribution >= 0.6 is 15.9 Å². The monoisotopic (exact) mass is 373 g/mol. The fourth-order valence-electron chi connectivity index (χ4n) is 2.30. The molecule has 1 amide bonds. The summed E-state index contributed by atoms with van der Waals surface area (Å²) in [5.74, 6) is 0.567. The Balaban J connectivity index is 1.93. The molecule has 0 fully saturated rings. The van der Waals surface area contributed by atoms with Crippen molar-refractivity contribution in [2.45, 2.75) is 19.4 Å². The summed E-state index contributed by atoms with van der Waals surface area (Å²) < 4.78 is 6.62. The molecule has 0 aliphatic carbocycles. The number of hydrogen-bond donors (Lipinski definition) is 1. The molecule has 2 aromatic rings. The number of para-hydroxylation sites is 1. The van der Waals surface area contributed by atoms with Gasteiger partial charge in [-0.1, -0.05) is 58.4 Å². The second-order valence-corrected chi connectivity index (χ2v) is 6.05. The lowest BCUT2D eigenvalue weighted by molar-refractivity contribution is -0.123. The molecule has 0 bridgehead atoms. The Hall–Kier alpha value is -2.07. The standard InChI is InChI=1S/C19H20BrNO2/c1-3-8-15-9-4-7-12-18(15)23-13-19(22)21-14(2)16-10-5-6-11-17(16)20/h3-7,9-12,14H,1,8,13H2,2H3,(H,21,22)/t14-/m1/s1. The third-order valence-electron chi connectivity index (χ3n) is 3.44. The van der Waals surface area contributed by atoms with Crippen LogP contribution in [0.25, 0.3) is 0 Å². The van der Waals surface area contributed by atoms with Gasteiger partial charge in [-0.2, -0.15) is 0 Å². The van der Waals surface area contributed by atoms with Crippen LogP contribution in [0.5, 0.6) is 5.75 Å². The number of carbonyl (C=O) groups excluding carboxylic acids is 1. The Morgan fingerprint density at radius 2 is 1.96 bits per heavy atom. The van der Waals surface area contributed by atoms with Gasteiger partial charge in [-0.25, -0.2) is 0 Å². The molecular weight excluding hydrogens is 354 g/mol. The molecule has 4 heteroatoms. The second-order valence-electron chi connectivity index (χ2n) is 5.20. The fourth-order valence-corrected chi connectivity index (χ4v) is 2.93. The zero-order valence-corrected chi connectivity index (χ0v) is 14.7. The van der Waals surface area contributed by atoms with Crippen LogP contribution in [-0.2, 0) is 11.2 Å². The van der Waals surface area contributed by atoms with Crippen molar-refractivity contribution in [3.05, 3.63) is 76.8 Å². The van der Waals surface area contributed by atoms with Gasteiger partial charge in [-0.3, -0.25) is 4.79 Å². The zero-order valence-electron chi connectivity index (χ0n) is 13.1. The van der Waals surface area contributed by atoms with Gasteiger partial charge in [-0.05, 0) is 36.6 Å². The predicted molar refractivity (Wildman–Crippen MR) is 96.5 cm³/mol. The number of nitrogens with one attached hydrogen (secondary N) is 1. The summed E-state index contributed by atoms with van der Waals surface area (Å²) >= 11 is 3.50. The number of allylic oxidation sites excluding steroid dienone is 1. The first-order valence-electron chi connectivity index (χ1n) is 7.47. The van der Waals surface area contributed by atoms with Gasteiger partial charge >= 0.3 is 0 Å². The van der Waals surface area contributed by atoms with Crippen LogP contribution in [-0.4, -0.2) is 12.5 Å². The molecule has 2 aromatic carbocycles. The molecule has 2 rings (SSSR count). The van der Waals surface area contributed by atoms with Crippen molar-refractivity contribution in [3.63, 3.8) is 0 Å². The van der Waals surface area contributed by atoms with Crippen molar-refractivity contribution in [2.24, 2.45) is 0 Å². The van der Waals surface area contributed by atoms with Gasteiger partial charge in [0.2, 0.25) is 0 Å². The molecule has 0 radical (unpaired) electrons. The van der Waals surface area contributed by atoms with Crippen molar-refractivity contribution < 1.29 is 9.53 Å². The van der Waals surface area contributed by atoms with Gasteiger partial charge in [0.15, 0.2) is 6.61 Å². The molecular formula is C19H20BrNO2. The topological polar surface area (TPSA) is 38.3 Å². The van der Waals surface area contributed by atoms with Gasteiger partial charge in [0.25, 0.3) is 5.91 Å². The molecule has 1 N–H and O–H groups in total. The van der Waals surface area contributed by atoms with Crippen LogP contribution in [0.2, 0.25) is 0 Å². The molecule has 0 heterocycles. The number of rotatable bonds is 7. The predicted octanol–water partition coefficient (Wildman–Crippen LogP) is 4.43. The Labute approximate surface area is 145 Å². The summed E-state index contributed by atoms with van der Waals surface area (Å²) in [4.78, 5) is 12.1. The van der Waals surface area contributed by atoms with Crippen molar-refractivity contribution in [1.29, 1.82) is 0 Å². The molecule has 0 saturated carbocycles. The van der Waals surface area contributed by atoms with E-state index < -0.39 is 0 Å². The SMILES string of the molecule is C=CCc1ccccc1OCC(=O)N[C@H](C)c1ccccc1Br. The van der Waals surface area contributed by atoms with E-state index in [0.717, 1.165) is 21.3 Å². The van der Waals surface area contributed by atoms with E-state index in [4.69, 9.17) is 4.74 Å². The van der Waals surface area contributed by atoms with Gasteiger partial charge < -0.3 is 10.1 Å². The van der Waals surface area contributed by atoms with E-state index >= 15 is 0 Å². The van der Waals surface area contributed by atoms with Crippen LogP contribution in [0.1, 0.15) is 24.1 Å². The summed E-state index contributed by atoms with van der Waals surface area (Å²) in [5, 5.41) is 2.94. The molecule has 0 unspecified atom stereocenters. The van der Waals surface area contributed by atoms with Crippen molar-refractivity contribution >= 4 is 21.8 Å². The first-order valence-corrected chi connectivity index (χ1v) is 8.26. The highest BCUT2D eigenvalue weighted by atomic mass is 79.9. The second kappa shape index (κ2) is 8.53. The third-order valence-corrected chi connectivity index (χ3v) is 4.17. The molecule has 0 aliphatic rings. The fraction of sp³-hybridized carbons (Fsp3) is 0.211. The summed E-state index contributed by atoms with van der Waals surface area (Å²) in [6.07, 6.45) is 2.53. The molecule has 0 aliphatic heterocycles. The Bertz CT molecular complexity index is 685. The average Bonchev–Trinajstić information content (AvgIpc) is 2.54. The molecule has 0 spiro atoms. The van der Waals surface area contributed by atoms with Crippen LogP contribution in [0.4, 0.5) is 0 Å². The molecule has 0 saturated heterocycles. The lowest BCUT2D eigenvalue weighted by atomic mass is 10.1. The minimum Gasteiger partial charge on any atom is -0.483 e. The number of carbonyl (C=O) groups is 1. The number of amides is 1. The van der Waals surface area contributed by atoms with Gasteiger partial charge in [0.05, 0.1) is 6.04 Å². The Morgan fingerprint density at radius 3 is 2.70 bits per heavy atom. The first kappa shape index (κ1) is 17.3. The van der Waals surface area contributed by atoms with Gasteiger partial charge in [0.1, 0.15) is 5.75 Å². The van der Waals surface area contributed by atoms with Gasteiger partial charge in [0, 0.05) is 4.47 Å². The van der Waals surface area contributed by atoms with Crippen LogP contribution in [0.3, 0.4) is 0 Å². The minimum atomic E-state index is -0.151. The largest absolute Gasteiger partial charge is 0.483 e. The van der Waals surface area contributed by atoms with Crippen molar-refractivity contribution in [2.75, 3.05) is 6.61 Å². The summed E-state index contributed by atoms with van der Waals surface area (Å²) in [6, 6.07) is 15.4. The smallest absolute Gasteiger partial charge is 0.258 e. The maximum absolute atomic E-state index is 12.1. The van der Waals surface area contributed by atoms with E-state index in [1.165, 1.54) is 0 Å². The molecule has 23 heavy (non-hydrogen) atoms. The van der Waals surface area contributed by atoms with Crippen LogP contribution < -0.4 is 10.1 Å². The number of hydrogen-bond acceptors (Lipinski definition) is 2. The number of ether oxygens (including phenoxy) is 1. The van der Waals surface area contributed by atoms with E-state index in [1.807, 2.05) is 61.5 Å². The third kappa shape index (κ3) is 4.96. The summed E-state index contributed by atoms with van der Waals surface area (Å²) in [6.45, 7) is 5.67. The molecule has 0 aromatic heterocycles. The van der Waals surface area contributed by atoms with Crippen molar-refractivity contribution in [1.82, 2.24) is 5.32 Å². The highest BCUT2D eigenvalue weighted by Crippen LogP contribution is 2.23. The summed E-state index contributed by atoms with van der Waals surface area (Å²) in [5.41, 5.74) is 2.06. The lowest BCUT2D eigenvalue weighted by Gasteiger charge is -2.16. The highest BCUT2D eigenvalue weighted by molar-refractivity contribution is 9.10. The highest BCUT2D eigenvalue weighted by Gasteiger charge is 2.13. The average molecular weight is 374 g/mol. The van der Waals surface area contributed by atoms with Crippen LogP contribution in [0, 0.1) is 0 Å². The van der Waals surface area contributed by atoms with E-state index in [0.29, 0.717) is 6.42 Å². The quantitative estimate of drug-likeness (QED) is 0.728. The van der Waals surface area contributed by atoms with E-state index in [2.05, 4.69) is 27.8 Å². The van der Waals surface area contributed by atoms with Crippen molar-refractivity contribution in [3.8, 4) is 5.75 Å². The first-order chi connectivity index (χ1) is 11.1. The normalized spacial score (nSPS) is 11.6. The minimum absolute atomic E-state index is 0.0110. The lowest BCUT2D eigenvalue weighted by Crippen LogP contribution is -2.31. The Kier molecular flexibility index (Phi) is 6.41. The molecule has 3 nitrogen and oxygen atoms in total. The van der Waals surface area contributed by atoms with Crippen LogP contribution in [0.15, 0.2) is 65.7 Å². The Morgan fingerprint density at radius 1 is 1.26 bits per heavy atom. The maximum atomic E-state index is 12.1. The molecule has 1 atom stereocenters. The van der Waals surface area contributed by atoms with E-state index in [1.54, 1.807) is 0 Å². The number of benzene rings is 2. The molecule has 120 valence electrons. The van der Waals surface area contributed by atoms with E-state index in [9.17, 15) is 4.79 Å². The zero-order chi connectivity index (χ0) is 16.7. The number of halogens is 1. The summed E-state index contributed by atoms with van der Waals surface area (Å²) in [7, 11) is 0.